The number of aldehydes is 1. The molecule has 1 heterocycles. The SMILES string of the molecule is CC(C)(C)C1CCN(CCC=O)CC1. The van der Waals surface area contributed by atoms with Crippen LogP contribution < -0.4 is 0 Å². The molecule has 1 saturated heterocycles. The molecule has 1 rings (SSSR count). The van der Waals surface area contributed by atoms with Crippen LogP contribution in [0.25, 0.3) is 0 Å². The van der Waals surface area contributed by atoms with Crippen LogP contribution in [0.15, 0.2) is 0 Å². The molecule has 0 N–H and O–H groups in total. The molecule has 0 saturated carbocycles. The molecule has 0 atom stereocenters. The standard InChI is InChI=1S/C12H23NO/c1-12(2,3)11-5-8-13(9-6-11)7-4-10-14/h10-11H,4-9H2,1-3H3. The van der Waals surface area contributed by atoms with E-state index in [-0.39, 0.29) is 0 Å². The average Bonchev–Trinajstić information content (AvgIpc) is 2.14. The van der Waals surface area contributed by atoms with Gasteiger partial charge in [-0.1, -0.05) is 20.8 Å². The van der Waals surface area contributed by atoms with Gasteiger partial charge in [-0.15, -0.1) is 0 Å². The smallest absolute Gasteiger partial charge is 0.121 e. The fourth-order valence-corrected chi connectivity index (χ4v) is 2.26. The van der Waals surface area contributed by atoms with Gasteiger partial charge in [0.2, 0.25) is 0 Å². The first-order chi connectivity index (χ1) is 6.54. The zero-order valence-corrected chi connectivity index (χ0v) is 9.75. The zero-order chi connectivity index (χ0) is 10.6. The van der Waals surface area contributed by atoms with Crippen molar-refractivity contribution in [3.05, 3.63) is 0 Å². The number of carbonyl (C=O) groups excluding carboxylic acids is 1. The van der Waals surface area contributed by atoms with Gasteiger partial charge in [0.15, 0.2) is 0 Å². The molecule has 1 fully saturated rings. The summed E-state index contributed by atoms with van der Waals surface area (Å²) in [4.78, 5) is 12.7. The Morgan fingerprint density at radius 3 is 2.29 bits per heavy atom. The van der Waals surface area contributed by atoms with Crippen molar-refractivity contribution < 1.29 is 4.79 Å². The monoisotopic (exact) mass is 197 g/mol. The molecule has 2 heteroatoms. The van der Waals surface area contributed by atoms with Gasteiger partial charge in [0.1, 0.15) is 6.29 Å². The normalized spacial score (nSPS) is 21.1. The first kappa shape index (κ1) is 11.7. The Hall–Kier alpha value is -0.370. The van der Waals surface area contributed by atoms with Crippen molar-refractivity contribution >= 4 is 6.29 Å². The molecule has 0 aliphatic carbocycles. The maximum Gasteiger partial charge on any atom is 0.121 e. The van der Waals surface area contributed by atoms with Crippen LogP contribution >= 0.6 is 0 Å². The highest BCUT2D eigenvalue weighted by Gasteiger charge is 2.28. The summed E-state index contributed by atoms with van der Waals surface area (Å²) in [6.45, 7) is 10.3. The summed E-state index contributed by atoms with van der Waals surface area (Å²) in [6, 6.07) is 0. The van der Waals surface area contributed by atoms with Crippen LogP contribution in [0, 0.1) is 11.3 Å². The van der Waals surface area contributed by atoms with Crippen molar-refractivity contribution in [2.24, 2.45) is 11.3 Å². The fourth-order valence-electron chi connectivity index (χ4n) is 2.26. The van der Waals surface area contributed by atoms with Crippen LogP contribution in [0.5, 0.6) is 0 Å². The topological polar surface area (TPSA) is 20.3 Å². The van der Waals surface area contributed by atoms with Crippen molar-refractivity contribution in [3.8, 4) is 0 Å². The maximum absolute atomic E-state index is 10.2. The number of piperidine rings is 1. The molecule has 0 amide bonds. The van der Waals surface area contributed by atoms with Crippen LogP contribution in [-0.2, 0) is 4.79 Å². The number of rotatable bonds is 3. The van der Waals surface area contributed by atoms with E-state index >= 15 is 0 Å². The van der Waals surface area contributed by atoms with Crippen LogP contribution in [0.3, 0.4) is 0 Å². The quantitative estimate of drug-likeness (QED) is 0.647. The summed E-state index contributed by atoms with van der Waals surface area (Å²) in [5, 5.41) is 0. The van der Waals surface area contributed by atoms with E-state index in [0.717, 1.165) is 18.7 Å². The molecule has 82 valence electrons. The first-order valence-electron chi connectivity index (χ1n) is 5.70. The molecule has 0 aromatic carbocycles. The van der Waals surface area contributed by atoms with Gasteiger partial charge >= 0.3 is 0 Å². The highest BCUT2D eigenvalue weighted by molar-refractivity contribution is 5.49. The van der Waals surface area contributed by atoms with Gasteiger partial charge < -0.3 is 9.69 Å². The van der Waals surface area contributed by atoms with Crippen molar-refractivity contribution in [3.63, 3.8) is 0 Å². The van der Waals surface area contributed by atoms with E-state index in [4.69, 9.17) is 0 Å². The first-order valence-corrected chi connectivity index (χ1v) is 5.70. The zero-order valence-electron chi connectivity index (χ0n) is 9.75. The third-order valence-electron chi connectivity index (χ3n) is 3.38. The molecular weight excluding hydrogens is 174 g/mol. The molecule has 0 radical (unpaired) electrons. The van der Waals surface area contributed by atoms with Gasteiger partial charge in [0.25, 0.3) is 0 Å². The highest BCUT2D eigenvalue weighted by atomic mass is 16.1. The van der Waals surface area contributed by atoms with Gasteiger partial charge in [-0.05, 0) is 37.3 Å². The Labute approximate surface area is 87.7 Å². The van der Waals surface area contributed by atoms with E-state index in [1.165, 1.54) is 25.9 Å². The summed E-state index contributed by atoms with van der Waals surface area (Å²) in [7, 11) is 0. The molecule has 1 aliphatic heterocycles. The minimum absolute atomic E-state index is 0.455. The molecule has 2 nitrogen and oxygen atoms in total. The summed E-state index contributed by atoms with van der Waals surface area (Å²) in [5.41, 5.74) is 0.455. The third-order valence-corrected chi connectivity index (χ3v) is 3.38. The van der Waals surface area contributed by atoms with E-state index in [2.05, 4.69) is 25.7 Å². The fraction of sp³-hybridized carbons (Fsp3) is 0.917. The van der Waals surface area contributed by atoms with Crippen molar-refractivity contribution in [1.29, 1.82) is 0 Å². The molecule has 0 bridgehead atoms. The predicted molar refractivity (Wildman–Crippen MR) is 59.3 cm³/mol. The molecule has 0 aromatic rings. The van der Waals surface area contributed by atoms with Crippen molar-refractivity contribution in [2.45, 2.75) is 40.0 Å². The van der Waals surface area contributed by atoms with Crippen LogP contribution in [0.4, 0.5) is 0 Å². The number of nitrogens with zero attached hydrogens (tertiary/aromatic N) is 1. The Balaban J connectivity index is 2.27. The summed E-state index contributed by atoms with van der Waals surface area (Å²) in [6.07, 6.45) is 4.31. The van der Waals surface area contributed by atoms with Crippen molar-refractivity contribution in [2.75, 3.05) is 19.6 Å². The van der Waals surface area contributed by atoms with Crippen LogP contribution in [-0.4, -0.2) is 30.8 Å². The second kappa shape index (κ2) is 4.92. The molecular formula is C12H23NO. The Morgan fingerprint density at radius 2 is 1.86 bits per heavy atom. The molecule has 0 unspecified atom stereocenters. The van der Waals surface area contributed by atoms with E-state index in [0.29, 0.717) is 11.8 Å². The summed E-state index contributed by atoms with van der Waals surface area (Å²) >= 11 is 0. The highest BCUT2D eigenvalue weighted by Crippen LogP contribution is 2.34. The van der Waals surface area contributed by atoms with Crippen molar-refractivity contribution in [1.82, 2.24) is 4.90 Å². The molecule has 14 heavy (non-hydrogen) atoms. The molecule has 1 aliphatic rings. The molecule has 0 aromatic heterocycles. The third kappa shape index (κ3) is 3.41. The Morgan fingerprint density at radius 1 is 1.29 bits per heavy atom. The van der Waals surface area contributed by atoms with Crippen LogP contribution in [0.2, 0.25) is 0 Å². The number of carbonyl (C=O) groups is 1. The molecule has 0 spiro atoms. The van der Waals surface area contributed by atoms with Gasteiger partial charge in [-0.25, -0.2) is 0 Å². The Bertz CT molecular complexity index is 175. The number of hydrogen-bond donors (Lipinski definition) is 0. The summed E-state index contributed by atoms with van der Waals surface area (Å²) in [5.74, 6) is 0.856. The lowest BCUT2D eigenvalue weighted by molar-refractivity contribution is -0.108. The second-order valence-electron chi connectivity index (χ2n) is 5.44. The van der Waals surface area contributed by atoms with Gasteiger partial charge in [0.05, 0.1) is 0 Å². The van der Waals surface area contributed by atoms with E-state index in [1.807, 2.05) is 0 Å². The lowest BCUT2D eigenvalue weighted by Gasteiger charge is -2.38. The maximum atomic E-state index is 10.2. The minimum Gasteiger partial charge on any atom is -0.303 e. The Kier molecular flexibility index (Phi) is 4.11. The number of likely N-dealkylation sites (tertiary alicyclic amines) is 1. The van der Waals surface area contributed by atoms with E-state index in [1.54, 1.807) is 0 Å². The minimum atomic E-state index is 0.455. The average molecular weight is 197 g/mol. The lowest BCUT2D eigenvalue weighted by Crippen LogP contribution is -2.38. The lowest BCUT2D eigenvalue weighted by atomic mass is 9.75. The number of hydrogen-bond acceptors (Lipinski definition) is 2. The van der Waals surface area contributed by atoms with Gasteiger partial charge in [0, 0.05) is 13.0 Å². The summed E-state index contributed by atoms with van der Waals surface area (Å²) < 4.78 is 0. The second-order valence-corrected chi connectivity index (χ2v) is 5.44. The predicted octanol–water partition coefficient (Wildman–Crippen LogP) is 2.33. The largest absolute Gasteiger partial charge is 0.303 e. The van der Waals surface area contributed by atoms with Crippen LogP contribution in [0.1, 0.15) is 40.0 Å². The van der Waals surface area contributed by atoms with Gasteiger partial charge in [-0.2, -0.15) is 0 Å². The van der Waals surface area contributed by atoms with E-state index in [9.17, 15) is 4.79 Å². The van der Waals surface area contributed by atoms with Gasteiger partial charge in [-0.3, -0.25) is 0 Å². The van der Waals surface area contributed by atoms with E-state index < -0.39 is 0 Å².